The number of hydrogen-bond acceptors (Lipinski definition) is 5. The molecule has 1 amide bonds. The van der Waals surface area contributed by atoms with Crippen molar-refractivity contribution in [1.82, 2.24) is 9.97 Å². The first kappa shape index (κ1) is 24.7. The van der Waals surface area contributed by atoms with Gasteiger partial charge >= 0.3 is 0 Å². The van der Waals surface area contributed by atoms with Crippen molar-refractivity contribution in [2.75, 3.05) is 29.9 Å². The number of aromatic nitrogens is 2. The number of hydrogen-bond donors (Lipinski definition) is 3. The third-order valence-electron chi connectivity index (χ3n) is 6.75. The summed E-state index contributed by atoms with van der Waals surface area (Å²) >= 11 is 0. The third kappa shape index (κ3) is 6.17. The number of amides is 1. The fourth-order valence-electron chi connectivity index (χ4n) is 4.43. The van der Waals surface area contributed by atoms with Gasteiger partial charge in [0.2, 0.25) is 0 Å². The van der Waals surface area contributed by atoms with E-state index in [-0.39, 0.29) is 29.7 Å². The second-order valence-corrected chi connectivity index (χ2v) is 9.58. The van der Waals surface area contributed by atoms with E-state index in [1.807, 2.05) is 30.3 Å². The Morgan fingerprint density at radius 2 is 1.86 bits per heavy atom. The molecule has 2 aromatic heterocycles. The number of H-pyrrole nitrogens is 1. The molecule has 184 valence electrons. The Morgan fingerprint density at radius 3 is 2.54 bits per heavy atom. The number of pyridine rings is 2. The minimum atomic E-state index is -0.372. The highest BCUT2D eigenvalue weighted by molar-refractivity contribution is 6.04. The van der Waals surface area contributed by atoms with Gasteiger partial charge in [0.25, 0.3) is 11.5 Å². The Labute approximate surface area is 206 Å². The summed E-state index contributed by atoms with van der Waals surface area (Å²) < 4.78 is 0. The first-order valence-electron chi connectivity index (χ1n) is 12.4. The Hall–Kier alpha value is -3.45. The van der Waals surface area contributed by atoms with Gasteiger partial charge in [0.15, 0.2) is 0 Å². The Balaban J connectivity index is 1.49. The predicted molar refractivity (Wildman–Crippen MR) is 140 cm³/mol. The van der Waals surface area contributed by atoms with Gasteiger partial charge in [0.1, 0.15) is 5.69 Å². The molecule has 3 aromatic rings. The topological polar surface area (TPSA) is 98.3 Å². The second kappa shape index (κ2) is 11.3. The van der Waals surface area contributed by atoms with Crippen LogP contribution in [0.4, 0.5) is 11.4 Å². The number of rotatable bonds is 8. The Morgan fingerprint density at radius 1 is 1.11 bits per heavy atom. The molecule has 1 aliphatic heterocycles. The molecule has 35 heavy (non-hydrogen) atoms. The first-order valence-corrected chi connectivity index (χ1v) is 12.4. The number of carbonyl (C=O) groups is 1. The fourth-order valence-corrected chi connectivity index (χ4v) is 4.43. The molecule has 0 radical (unpaired) electrons. The van der Waals surface area contributed by atoms with Gasteiger partial charge in [0, 0.05) is 48.4 Å². The molecule has 1 aliphatic rings. The number of benzene rings is 1. The smallest absolute Gasteiger partial charge is 0.271 e. The van der Waals surface area contributed by atoms with Crippen LogP contribution < -0.4 is 15.8 Å². The molecule has 1 atom stereocenters. The minimum absolute atomic E-state index is 0.109. The van der Waals surface area contributed by atoms with Gasteiger partial charge in [-0.25, -0.2) is 0 Å². The monoisotopic (exact) mass is 474 g/mol. The van der Waals surface area contributed by atoms with Crippen molar-refractivity contribution in [3.8, 4) is 11.3 Å². The summed E-state index contributed by atoms with van der Waals surface area (Å²) in [6.07, 6.45) is 5.93. The molecule has 0 aliphatic carbocycles. The second-order valence-electron chi connectivity index (χ2n) is 9.58. The van der Waals surface area contributed by atoms with E-state index < -0.39 is 0 Å². The van der Waals surface area contributed by atoms with Gasteiger partial charge in [-0.15, -0.1) is 0 Å². The molecule has 1 fully saturated rings. The summed E-state index contributed by atoms with van der Waals surface area (Å²) in [6.45, 7) is 6.37. The molecule has 4 rings (SSSR count). The summed E-state index contributed by atoms with van der Waals surface area (Å²) in [7, 11) is 0. The van der Waals surface area contributed by atoms with Crippen molar-refractivity contribution in [2.24, 2.45) is 11.8 Å². The summed E-state index contributed by atoms with van der Waals surface area (Å²) in [4.78, 5) is 35.1. The Kier molecular flexibility index (Phi) is 7.98. The number of nitrogens with zero attached hydrogens (tertiary/aromatic N) is 2. The van der Waals surface area contributed by atoms with Gasteiger partial charge in [0.05, 0.1) is 5.69 Å². The zero-order chi connectivity index (χ0) is 24.8. The molecule has 1 aromatic carbocycles. The zero-order valence-corrected chi connectivity index (χ0v) is 20.5. The first-order chi connectivity index (χ1) is 16.9. The highest BCUT2D eigenvalue weighted by Crippen LogP contribution is 2.23. The molecule has 3 N–H and O–H groups in total. The van der Waals surface area contributed by atoms with E-state index in [1.54, 1.807) is 24.4 Å². The summed E-state index contributed by atoms with van der Waals surface area (Å²) in [6, 6.07) is 14.9. The number of nitrogens with one attached hydrogen (secondary N) is 2. The van der Waals surface area contributed by atoms with E-state index in [4.69, 9.17) is 4.98 Å². The lowest BCUT2D eigenvalue weighted by Gasteiger charge is -2.28. The number of carbonyl (C=O) groups excluding carboxylic acids is 1. The van der Waals surface area contributed by atoms with Crippen molar-refractivity contribution in [3.05, 3.63) is 76.3 Å². The fraction of sp³-hybridized carbons (Fsp3) is 0.393. The molecule has 0 unspecified atom stereocenters. The number of aliphatic hydroxyl groups excluding tert-OH is 1. The summed E-state index contributed by atoms with van der Waals surface area (Å²) in [5.74, 6) is 0.140. The van der Waals surface area contributed by atoms with E-state index in [0.29, 0.717) is 29.2 Å². The van der Waals surface area contributed by atoms with Gasteiger partial charge < -0.3 is 20.3 Å². The van der Waals surface area contributed by atoms with Crippen LogP contribution in [0.25, 0.3) is 11.3 Å². The van der Waals surface area contributed by atoms with Gasteiger partial charge in [-0.1, -0.05) is 19.9 Å². The van der Waals surface area contributed by atoms with Crippen LogP contribution in [0.2, 0.25) is 0 Å². The molecule has 0 bridgehead atoms. The van der Waals surface area contributed by atoms with Crippen LogP contribution in [0.15, 0.2) is 59.5 Å². The molecule has 7 heteroatoms. The zero-order valence-electron chi connectivity index (χ0n) is 20.5. The van der Waals surface area contributed by atoms with E-state index in [9.17, 15) is 14.7 Å². The largest absolute Gasteiger partial charge is 0.396 e. The Bertz CT molecular complexity index is 1200. The molecule has 3 heterocycles. The number of aromatic amines is 1. The quantitative estimate of drug-likeness (QED) is 0.447. The average molecular weight is 475 g/mol. The van der Waals surface area contributed by atoms with E-state index in [1.165, 1.54) is 19.3 Å². The number of aliphatic hydroxyl groups is 1. The van der Waals surface area contributed by atoms with Crippen LogP contribution in [0.1, 0.15) is 49.2 Å². The van der Waals surface area contributed by atoms with Gasteiger partial charge in [-0.3, -0.25) is 14.6 Å². The van der Waals surface area contributed by atoms with Crippen LogP contribution in [-0.2, 0) is 6.42 Å². The molecular weight excluding hydrogens is 440 g/mol. The van der Waals surface area contributed by atoms with Crippen LogP contribution in [0.3, 0.4) is 0 Å². The van der Waals surface area contributed by atoms with Crippen molar-refractivity contribution in [2.45, 2.75) is 39.5 Å². The van der Waals surface area contributed by atoms with Crippen LogP contribution >= 0.6 is 0 Å². The van der Waals surface area contributed by atoms with Crippen molar-refractivity contribution in [1.29, 1.82) is 0 Å². The maximum absolute atomic E-state index is 12.9. The average Bonchev–Trinajstić information content (AvgIpc) is 2.89. The van der Waals surface area contributed by atoms with Crippen LogP contribution in [-0.4, -0.2) is 40.7 Å². The lowest BCUT2D eigenvalue weighted by Crippen LogP contribution is -2.29. The SMILES string of the molecule is CC(C)[C@H](CO)Cc1cccc(-c2c[nH]c(=O)c(NC(=O)c3ccc(N4CCCCC4)cc3)c2)n1. The predicted octanol–water partition coefficient (Wildman–Crippen LogP) is 4.49. The van der Waals surface area contributed by atoms with Crippen molar-refractivity contribution >= 4 is 17.3 Å². The van der Waals surface area contributed by atoms with Gasteiger partial charge in [-0.05, 0) is 80.0 Å². The molecule has 0 spiro atoms. The minimum Gasteiger partial charge on any atom is -0.396 e. The van der Waals surface area contributed by atoms with Crippen molar-refractivity contribution in [3.63, 3.8) is 0 Å². The lowest BCUT2D eigenvalue weighted by molar-refractivity contribution is 0.102. The maximum Gasteiger partial charge on any atom is 0.271 e. The summed E-state index contributed by atoms with van der Waals surface area (Å²) in [5, 5.41) is 12.4. The maximum atomic E-state index is 12.9. The van der Waals surface area contributed by atoms with E-state index in [0.717, 1.165) is 24.5 Å². The van der Waals surface area contributed by atoms with Crippen LogP contribution in [0, 0.1) is 11.8 Å². The third-order valence-corrected chi connectivity index (χ3v) is 6.75. The van der Waals surface area contributed by atoms with E-state index >= 15 is 0 Å². The van der Waals surface area contributed by atoms with Crippen molar-refractivity contribution < 1.29 is 9.90 Å². The molecule has 0 saturated carbocycles. The number of piperidine rings is 1. The normalized spacial score (nSPS) is 14.7. The molecule has 7 nitrogen and oxygen atoms in total. The van der Waals surface area contributed by atoms with E-state index in [2.05, 4.69) is 29.0 Å². The molecule has 1 saturated heterocycles. The highest BCUT2D eigenvalue weighted by atomic mass is 16.3. The summed E-state index contributed by atoms with van der Waals surface area (Å²) in [5.41, 5.74) is 3.69. The van der Waals surface area contributed by atoms with Crippen LogP contribution in [0.5, 0.6) is 0 Å². The standard InChI is InChI=1S/C28H34N4O3/c1-19(2)22(18-33)15-23-7-6-8-25(30-23)21-16-26(28(35)29-17-21)31-27(34)20-9-11-24(12-10-20)32-13-4-3-5-14-32/h6-12,16-17,19,22,33H,3-5,13-15,18H2,1-2H3,(H,29,35)(H,31,34)/t22-/m0/s1. The lowest BCUT2D eigenvalue weighted by atomic mass is 9.92. The highest BCUT2D eigenvalue weighted by Gasteiger charge is 2.16. The number of anilines is 2. The van der Waals surface area contributed by atoms with Gasteiger partial charge in [-0.2, -0.15) is 0 Å². The molecular formula is C28H34N4O3.